The van der Waals surface area contributed by atoms with E-state index >= 15 is 0 Å². The van der Waals surface area contributed by atoms with Gasteiger partial charge < -0.3 is 14.4 Å². The number of methoxy groups -OCH3 is 1. The molecule has 2 aliphatic rings. The van der Waals surface area contributed by atoms with E-state index in [9.17, 15) is 4.79 Å². The molecular weight excluding hydrogens is 290 g/mol. The highest BCUT2D eigenvalue weighted by Gasteiger charge is 2.36. The third-order valence-electron chi connectivity index (χ3n) is 5.15. The second kappa shape index (κ2) is 7.82. The van der Waals surface area contributed by atoms with Crippen molar-refractivity contribution in [2.45, 2.75) is 44.6 Å². The Morgan fingerprint density at radius 2 is 1.91 bits per heavy atom. The van der Waals surface area contributed by atoms with Crippen LogP contribution < -0.4 is 4.74 Å². The molecule has 4 nitrogen and oxygen atoms in total. The van der Waals surface area contributed by atoms with Crippen molar-refractivity contribution < 1.29 is 14.3 Å². The molecule has 0 radical (unpaired) electrons. The van der Waals surface area contributed by atoms with Gasteiger partial charge >= 0.3 is 0 Å². The maximum Gasteiger partial charge on any atom is 0.227 e. The first-order valence-electron chi connectivity index (χ1n) is 8.78. The number of carbonyl (C=O) groups is 1. The van der Waals surface area contributed by atoms with Gasteiger partial charge in [0.2, 0.25) is 5.91 Å². The van der Waals surface area contributed by atoms with E-state index in [1.807, 2.05) is 24.3 Å². The molecule has 1 saturated carbocycles. The Bertz CT molecular complexity index is 514. The van der Waals surface area contributed by atoms with Crippen LogP contribution in [0.5, 0.6) is 5.75 Å². The quantitative estimate of drug-likeness (QED) is 0.757. The lowest BCUT2D eigenvalue weighted by Crippen LogP contribution is -2.46. The SMILES string of the molecule is COCCOc1ccc(CC(=O)N2CCCC3CCCC32)cc1. The highest BCUT2D eigenvalue weighted by atomic mass is 16.5. The highest BCUT2D eigenvalue weighted by Crippen LogP contribution is 2.37. The van der Waals surface area contributed by atoms with Crippen LogP contribution in [0.3, 0.4) is 0 Å². The summed E-state index contributed by atoms with van der Waals surface area (Å²) in [6.45, 7) is 2.07. The smallest absolute Gasteiger partial charge is 0.227 e. The summed E-state index contributed by atoms with van der Waals surface area (Å²) < 4.78 is 10.5. The Balaban J connectivity index is 1.55. The molecule has 0 spiro atoms. The van der Waals surface area contributed by atoms with E-state index < -0.39 is 0 Å². The molecule has 1 amide bonds. The Morgan fingerprint density at radius 3 is 2.70 bits per heavy atom. The summed E-state index contributed by atoms with van der Waals surface area (Å²) in [6.07, 6.45) is 6.76. The van der Waals surface area contributed by atoms with Gasteiger partial charge in [-0.2, -0.15) is 0 Å². The molecule has 2 atom stereocenters. The van der Waals surface area contributed by atoms with E-state index in [-0.39, 0.29) is 5.91 Å². The summed E-state index contributed by atoms with van der Waals surface area (Å²) in [4.78, 5) is 14.8. The summed E-state index contributed by atoms with van der Waals surface area (Å²) in [6, 6.07) is 8.37. The molecule has 2 unspecified atom stereocenters. The zero-order chi connectivity index (χ0) is 16.1. The number of amides is 1. The molecule has 3 rings (SSSR count). The van der Waals surface area contributed by atoms with Crippen LogP contribution in [0, 0.1) is 5.92 Å². The van der Waals surface area contributed by atoms with Gasteiger partial charge in [-0.15, -0.1) is 0 Å². The second-order valence-electron chi connectivity index (χ2n) is 6.65. The number of likely N-dealkylation sites (tertiary alicyclic amines) is 1. The van der Waals surface area contributed by atoms with Crippen LogP contribution in [-0.4, -0.2) is 43.7 Å². The standard InChI is InChI=1S/C19H27NO3/c1-22-12-13-23-17-9-7-15(8-10-17)14-19(21)20-11-3-5-16-4-2-6-18(16)20/h7-10,16,18H,2-6,11-14H2,1H3. The van der Waals surface area contributed by atoms with Crippen LogP contribution in [0.4, 0.5) is 0 Å². The molecule has 1 aromatic carbocycles. The molecule has 1 aliphatic carbocycles. The molecule has 1 heterocycles. The predicted octanol–water partition coefficient (Wildman–Crippen LogP) is 3.05. The third kappa shape index (κ3) is 4.05. The van der Waals surface area contributed by atoms with Gasteiger partial charge in [-0.1, -0.05) is 18.6 Å². The van der Waals surface area contributed by atoms with Gasteiger partial charge in [0.1, 0.15) is 12.4 Å². The second-order valence-corrected chi connectivity index (χ2v) is 6.65. The lowest BCUT2D eigenvalue weighted by Gasteiger charge is -2.38. The summed E-state index contributed by atoms with van der Waals surface area (Å²) >= 11 is 0. The minimum Gasteiger partial charge on any atom is -0.491 e. The number of nitrogens with zero attached hydrogens (tertiary/aromatic N) is 1. The van der Waals surface area contributed by atoms with Crippen LogP contribution in [0.2, 0.25) is 0 Å². The summed E-state index contributed by atoms with van der Waals surface area (Å²) in [7, 11) is 1.66. The molecule has 0 aromatic heterocycles. The number of hydrogen-bond donors (Lipinski definition) is 0. The molecule has 1 saturated heterocycles. The topological polar surface area (TPSA) is 38.8 Å². The number of hydrogen-bond acceptors (Lipinski definition) is 3. The van der Waals surface area contributed by atoms with Gasteiger partial charge in [0.15, 0.2) is 0 Å². The van der Waals surface area contributed by atoms with Crippen LogP contribution in [0.25, 0.3) is 0 Å². The van der Waals surface area contributed by atoms with Gasteiger partial charge in [-0.3, -0.25) is 4.79 Å². The number of benzene rings is 1. The lowest BCUT2D eigenvalue weighted by molar-refractivity contribution is -0.135. The molecule has 1 aromatic rings. The van der Waals surface area contributed by atoms with Gasteiger partial charge in [0.05, 0.1) is 13.0 Å². The first-order chi connectivity index (χ1) is 11.3. The van der Waals surface area contributed by atoms with Crippen molar-refractivity contribution in [1.82, 2.24) is 4.90 Å². The van der Waals surface area contributed by atoms with Gasteiger partial charge in [-0.25, -0.2) is 0 Å². The van der Waals surface area contributed by atoms with Crippen molar-refractivity contribution in [3.05, 3.63) is 29.8 Å². The fourth-order valence-corrected chi connectivity index (χ4v) is 3.99. The molecule has 4 heteroatoms. The first-order valence-corrected chi connectivity index (χ1v) is 8.78. The van der Waals surface area contributed by atoms with E-state index in [1.54, 1.807) is 7.11 Å². The van der Waals surface area contributed by atoms with E-state index in [0.717, 1.165) is 23.8 Å². The fraction of sp³-hybridized carbons (Fsp3) is 0.632. The number of carbonyl (C=O) groups excluding carboxylic acids is 1. The molecule has 126 valence electrons. The minimum atomic E-state index is 0.287. The van der Waals surface area contributed by atoms with Gasteiger partial charge in [0.25, 0.3) is 0 Å². The Labute approximate surface area is 138 Å². The van der Waals surface area contributed by atoms with E-state index in [2.05, 4.69) is 4.90 Å². The number of fused-ring (bicyclic) bond motifs is 1. The molecule has 2 fully saturated rings. The van der Waals surface area contributed by atoms with Crippen molar-refractivity contribution in [3.8, 4) is 5.75 Å². The van der Waals surface area contributed by atoms with Crippen LogP contribution >= 0.6 is 0 Å². The van der Waals surface area contributed by atoms with Crippen LogP contribution in [-0.2, 0) is 16.0 Å². The summed E-state index contributed by atoms with van der Waals surface area (Å²) in [5.41, 5.74) is 1.06. The van der Waals surface area contributed by atoms with Crippen molar-refractivity contribution in [2.75, 3.05) is 26.9 Å². The molecule has 23 heavy (non-hydrogen) atoms. The number of piperidine rings is 1. The van der Waals surface area contributed by atoms with Crippen LogP contribution in [0.1, 0.15) is 37.7 Å². The molecule has 0 bridgehead atoms. The molecule has 1 aliphatic heterocycles. The van der Waals surface area contributed by atoms with Crippen molar-refractivity contribution in [3.63, 3.8) is 0 Å². The third-order valence-corrected chi connectivity index (χ3v) is 5.15. The van der Waals surface area contributed by atoms with E-state index in [0.29, 0.717) is 25.7 Å². The first kappa shape index (κ1) is 16.3. The Kier molecular flexibility index (Phi) is 5.55. The van der Waals surface area contributed by atoms with Crippen LogP contribution in [0.15, 0.2) is 24.3 Å². The number of ether oxygens (including phenoxy) is 2. The average Bonchev–Trinajstić information content (AvgIpc) is 3.05. The Hall–Kier alpha value is -1.55. The average molecular weight is 317 g/mol. The van der Waals surface area contributed by atoms with Crippen molar-refractivity contribution in [1.29, 1.82) is 0 Å². The van der Waals surface area contributed by atoms with Gasteiger partial charge in [0, 0.05) is 19.7 Å². The predicted molar refractivity (Wildman–Crippen MR) is 89.6 cm³/mol. The molecule has 0 N–H and O–H groups in total. The minimum absolute atomic E-state index is 0.287. The monoisotopic (exact) mass is 317 g/mol. The van der Waals surface area contributed by atoms with Crippen molar-refractivity contribution >= 4 is 5.91 Å². The summed E-state index contributed by atoms with van der Waals surface area (Å²) in [5.74, 6) is 1.87. The fourth-order valence-electron chi connectivity index (χ4n) is 3.99. The largest absolute Gasteiger partial charge is 0.491 e. The zero-order valence-electron chi connectivity index (χ0n) is 14.0. The van der Waals surface area contributed by atoms with E-state index in [1.165, 1.54) is 32.1 Å². The highest BCUT2D eigenvalue weighted by molar-refractivity contribution is 5.79. The van der Waals surface area contributed by atoms with Crippen molar-refractivity contribution in [2.24, 2.45) is 5.92 Å². The molecular formula is C19H27NO3. The lowest BCUT2D eigenvalue weighted by atomic mass is 9.91. The van der Waals surface area contributed by atoms with Gasteiger partial charge in [-0.05, 0) is 49.3 Å². The van der Waals surface area contributed by atoms with E-state index in [4.69, 9.17) is 9.47 Å². The maximum atomic E-state index is 12.7. The Morgan fingerprint density at radius 1 is 1.13 bits per heavy atom. The maximum absolute atomic E-state index is 12.7. The number of rotatable bonds is 6. The summed E-state index contributed by atoms with van der Waals surface area (Å²) in [5, 5.41) is 0. The normalized spacial score (nSPS) is 23.6. The zero-order valence-corrected chi connectivity index (χ0v) is 14.0.